The summed E-state index contributed by atoms with van der Waals surface area (Å²) in [7, 11) is 0. The van der Waals surface area contributed by atoms with E-state index in [2.05, 4.69) is 103 Å². The molecule has 239 valence electrons. The molecule has 5 rings (SSSR count). The molecule has 6 heteroatoms. The zero-order valence-electron chi connectivity index (χ0n) is 27.5. The molecule has 1 N–H and O–H groups in total. The van der Waals surface area contributed by atoms with Crippen LogP contribution in [-0.4, -0.2) is 20.9 Å². The van der Waals surface area contributed by atoms with E-state index in [4.69, 9.17) is 0 Å². The monoisotopic (exact) mass is 798 g/mol. The third kappa shape index (κ3) is 8.76. The van der Waals surface area contributed by atoms with Gasteiger partial charge in [0.1, 0.15) is 6.33 Å². The fourth-order valence-corrected chi connectivity index (χ4v) is 6.54. The van der Waals surface area contributed by atoms with Crippen LogP contribution in [0.25, 0.3) is 43.4 Å². The second-order valence-electron chi connectivity index (χ2n) is 12.3. The van der Waals surface area contributed by atoms with Crippen LogP contribution in [0.4, 0.5) is 0 Å². The Morgan fingerprint density at radius 1 is 0.889 bits per heavy atom. The van der Waals surface area contributed by atoms with E-state index in [-0.39, 0.29) is 48.9 Å². The SMILES string of the molecule is CC(C)(C)c1cc(-c2cc(-c3cccc4ccsc34)ncn2)[c-]c2ccccc12.CCC(CC)C(=O)/C=C(\O)C(CC)CC.[Ir]. The molecule has 0 bridgehead atoms. The molecule has 2 aromatic heterocycles. The van der Waals surface area contributed by atoms with Crippen molar-refractivity contribution in [3.63, 3.8) is 0 Å². The molecule has 45 heavy (non-hydrogen) atoms. The molecule has 5 aromatic rings. The average molecular weight is 798 g/mol. The number of aliphatic hydroxyl groups is 1. The largest absolute Gasteiger partial charge is 0.512 e. The van der Waals surface area contributed by atoms with Crippen molar-refractivity contribution in [1.29, 1.82) is 0 Å². The second kappa shape index (κ2) is 16.4. The summed E-state index contributed by atoms with van der Waals surface area (Å²) in [5, 5.41) is 15.5. The van der Waals surface area contributed by atoms with Crippen molar-refractivity contribution in [3.05, 3.63) is 95.8 Å². The van der Waals surface area contributed by atoms with Crippen molar-refractivity contribution in [2.45, 2.75) is 79.6 Å². The molecule has 0 unspecified atom stereocenters. The van der Waals surface area contributed by atoms with Gasteiger partial charge in [-0.15, -0.1) is 40.5 Å². The van der Waals surface area contributed by atoms with Crippen LogP contribution in [-0.2, 0) is 30.3 Å². The van der Waals surface area contributed by atoms with Crippen molar-refractivity contribution in [2.75, 3.05) is 0 Å². The minimum Gasteiger partial charge on any atom is -0.512 e. The molecule has 0 aliphatic rings. The number of nitrogens with zero attached hydrogens (tertiary/aromatic N) is 2. The number of fused-ring (bicyclic) bond motifs is 2. The molecule has 0 amide bonds. The van der Waals surface area contributed by atoms with Crippen molar-refractivity contribution in [3.8, 4) is 22.5 Å². The van der Waals surface area contributed by atoms with Gasteiger partial charge in [-0.2, -0.15) is 0 Å². The predicted octanol–water partition coefficient (Wildman–Crippen LogP) is 11.1. The number of rotatable bonds is 9. The van der Waals surface area contributed by atoms with E-state index in [0.29, 0.717) is 0 Å². The zero-order valence-corrected chi connectivity index (χ0v) is 30.7. The van der Waals surface area contributed by atoms with Crippen molar-refractivity contribution >= 4 is 38.0 Å². The van der Waals surface area contributed by atoms with Gasteiger partial charge in [0.25, 0.3) is 0 Å². The molecule has 1 radical (unpaired) electrons. The number of thiophene rings is 1. The Morgan fingerprint density at radius 3 is 2.22 bits per heavy atom. The molecular formula is C39H45IrN2O2S-. The van der Waals surface area contributed by atoms with Crippen LogP contribution in [0.1, 0.15) is 79.7 Å². The summed E-state index contributed by atoms with van der Waals surface area (Å²) >= 11 is 1.75. The first-order chi connectivity index (χ1) is 21.1. The van der Waals surface area contributed by atoms with Crippen molar-refractivity contribution < 1.29 is 30.0 Å². The van der Waals surface area contributed by atoms with E-state index in [0.717, 1.165) is 53.6 Å². The number of carbonyl (C=O) groups is 1. The molecular weight excluding hydrogens is 753 g/mol. The number of hydrogen-bond donors (Lipinski definition) is 1. The summed E-state index contributed by atoms with van der Waals surface area (Å²) < 4.78 is 1.26. The molecule has 0 saturated heterocycles. The summed E-state index contributed by atoms with van der Waals surface area (Å²) in [6.07, 6.45) is 6.57. The Balaban J connectivity index is 0.000000297. The standard InChI is InChI=1S/C26H21N2S.C13H24O2.Ir/c1-26(2,3)22-14-19(13-18-7-4-5-9-20(18)22)23-15-24(28-16-27-23)21-10-6-8-17-11-12-29-25(17)21;1-5-10(6-2)12(14)9-13(15)11(7-3)8-4;/h4-12,14-16H,1-3H3;9-11,14H,5-8H2,1-4H3;/q-1;;/b;12-9-;. The van der Waals surface area contributed by atoms with E-state index >= 15 is 0 Å². The summed E-state index contributed by atoms with van der Waals surface area (Å²) in [6.45, 7) is 14.8. The number of ketones is 1. The van der Waals surface area contributed by atoms with Crippen LogP contribution in [0.5, 0.6) is 0 Å². The van der Waals surface area contributed by atoms with Gasteiger partial charge in [0.2, 0.25) is 0 Å². The first-order valence-electron chi connectivity index (χ1n) is 15.8. The molecule has 0 aliphatic carbocycles. The van der Waals surface area contributed by atoms with Crippen LogP contribution >= 0.6 is 11.3 Å². The van der Waals surface area contributed by atoms with E-state index < -0.39 is 0 Å². The zero-order chi connectivity index (χ0) is 31.9. The maximum Gasteiger partial charge on any atom is 0.162 e. The van der Waals surface area contributed by atoms with E-state index in [9.17, 15) is 9.90 Å². The third-order valence-corrected chi connectivity index (χ3v) is 9.33. The minimum absolute atomic E-state index is 0. The molecule has 0 aliphatic heterocycles. The minimum atomic E-state index is 0. The van der Waals surface area contributed by atoms with Crippen LogP contribution in [0.3, 0.4) is 0 Å². The van der Waals surface area contributed by atoms with Gasteiger partial charge in [0.05, 0.1) is 11.5 Å². The van der Waals surface area contributed by atoms with E-state index in [1.54, 1.807) is 17.7 Å². The number of aromatic nitrogens is 2. The molecule has 0 saturated carbocycles. The number of carbonyl (C=O) groups excluding carboxylic acids is 1. The Labute approximate surface area is 286 Å². The predicted molar refractivity (Wildman–Crippen MR) is 187 cm³/mol. The van der Waals surface area contributed by atoms with Crippen LogP contribution < -0.4 is 0 Å². The topological polar surface area (TPSA) is 63.1 Å². The molecule has 0 fully saturated rings. The molecule has 2 heterocycles. The average Bonchev–Trinajstić information content (AvgIpc) is 3.51. The maximum atomic E-state index is 11.7. The number of hydrogen-bond acceptors (Lipinski definition) is 5. The summed E-state index contributed by atoms with van der Waals surface area (Å²) in [5.74, 6) is 0.547. The molecule has 3 aromatic carbocycles. The maximum absolute atomic E-state index is 11.7. The Bertz CT molecular complexity index is 1740. The van der Waals surface area contributed by atoms with Crippen LogP contribution in [0, 0.1) is 17.9 Å². The molecule has 4 nitrogen and oxygen atoms in total. The van der Waals surface area contributed by atoms with Gasteiger partial charge in [0, 0.05) is 54.0 Å². The Morgan fingerprint density at radius 2 is 1.56 bits per heavy atom. The summed E-state index contributed by atoms with van der Waals surface area (Å²) in [4.78, 5) is 20.9. The Kier molecular flexibility index (Phi) is 13.2. The van der Waals surface area contributed by atoms with Gasteiger partial charge in [-0.25, -0.2) is 4.98 Å². The first kappa shape index (κ1) is 36.3. The van der Waals surface area contributed by atoms with Gasteiger partial charge < -0.3 is 5.11 Å². The molecule has 0 atom stereocenters. The fourth-order valence-electron chi connectivity index (χ4n) is 5.61. The van der Waals surface area contributed by atoms with Crippen molar-refractivity contribution in [1.82, 2.24) is 9.97 Å². The van der Waals surface area contributed by atoms with Crippen LogP contribution in [0.2, 0.25) is 0 Å². The van der Waals surface area contributed by atoms with Gasteiger partial charge in [0.15, 0.2) is 5.78 Å². The van der Waals surface area contributed by atoms with Gasteiger partial charge in [-0.05, 0) is 54.0 Å². The summed E-state index contributed by atoms with van der Waals surface area (Å²) in [5.41, 5.74) is 5.35. The van der Waals surface area contributed by atoms with Gasteiger partial charge in [-0.1, -0.05) is 95.8 Å². The van der Waals surface area contributed by atoms with Gasteiger partial charge >= 0.3 is 0 Å². The second-order valence-corrected chi connectivity index (χ2v) is 13.2. The molecule has 0 spiro atoms. The Hall–Kier alpha value is -3.18. The fraction of sp³-hybridized carbons (Fsp3) is 0.359. The van der Waals surface area contributed by atoms with E-state index in [1.807, 2.05) is 27.7 Å². The van der Waals surface area contributed by atoms with Crippen molar-refractivity contribution in [2.24, 2.45) is 11.8 Å². The van der Waals surface area contributed by atoms with Crippen LogP contribution in [0.15, 0.2) is 84.2 Å². The van der Waals surface area contributed by atoms with E-state index in [1.165, 1.54) is 27.1 Å². The normalized spacial score (nSPS) is 11.9. The quantitative estimate of drug-likeness (QED) is 0.0917. The summed E-state index contributed by atoms with van der Waals surface area (Å²) in [6, 6.07) is 24.9. The number of benzene rings is 3. The third-order valence-electron chi connectivity index (χ3n) is 8.36. The number of allylic oxidation sites excluding steroid dienone is 2. The smallest absolute Gasteiger partial charge is 0.162 e. The van der Waals surface area contributed by atoms with Gasteiger partial charge in [-0.3, -0.25) is 9.78 Å². The number of aliphatic hydroxyl groups excluding tert-OH is 1. The first-order valence-corrected chi connectivity index (χ1v) is 16.7.